The lowest BCUT2D eigenvalue weighted by atomic mass is 9.99. The summed E-state index contributed by atoms with van der Waals surface area (Å²) in [6, 6.07) is 11.1. The van der Waals surface area contributed by atoms with Gasteiger partial charge in [-0.2, -0.15) is 18.2 Å². The van der Waals surface area contributed by atoms with Crippen LogP contribution in [0.5, 0.6) is 5.75 Å². The van der Waals surface area contributed by atoms with Crippen LogP contribution in [0.1, 0.15) is 30.9 Å². The Balaban J connectivity index is 1.49. The number of halogens is 4. The predicted molar refractivity (Wildman–Crippen MR) is 115 cm³/mol. The summed E-state index contributed by atoms with van der Waals surface area (Å²) in [5, 5.41) is 3.92. The number of rotatable bonds is 7. The molecule has 2 heterocycles. The molecule has 2 aromatic carbocycles. The van der Waals surface area contributed by atoms with Crippen LogP contribution in [0.3, 0.4) is 0 Å². The van der Waals surface area contributed by atoms with E-state index in [0.717, 1.165) is 37.7 Å². The van der Waals surface area contributed by atoms with Crippen LogP contribution in [0.15, 0.2) is 47.0 Å². The van der Waals surface area contributed by atoms with Gasteiger partial charge in [-0.1, -0.05) is 36.3 Å². The topological polar surface area (TPSA) is 51.4 Å². The quantitative estimate of drug-likeness (QED) is 0.402. The Kier molecular flexibility index (Phi) is 6.97. The first-order valence-electron chi connectivity index (χ1n) is 10.9. The summed E-state index contributed by atoms with van der Waals surface area (Å²) in [5.74, 6) is 0.582. The van der Waals surface area contributed by atoms with E-state index >= 15 is 0 Å². The minimum Gasteiger partial charge on any atom is -0.490 e. The average molecular weight is 463 g/mol. The lowest BCUT2D eigenvalue weighted by molar-refractivity contribution is -0.138. The molecule has 5 nitrogen and oxygen atoms in total. The van der Waals surface area contributed by atoms with Crippen molar-refractivity contribution in [2.45, 2.75) is 32.5 Å². The van der Waals surface area contributed by atoms with Gasteiger partial charge in [-0.15, -0.1) is 0 Å². The summed E-state index contributed by atoms with van der Waals surface area (Å²) >= 11 is 0. The Morgan fingerprint density at radius 2 is 1.76 bits per heavy atom. The highest BCUT2D eigenvalue weighted by Crippen LogP contribution is 2.38. The van der Waals surface area contributed by atoms with Crippen LogP contribution in [-0.4, -0.2) is 41.4 Å². The van der Waals surface area contributed by atoms with Gasteiger partial charge < -0.3 is 9.26 Å². The van der Waals surface area contributed by atoms with E-state index in [0.29, 0.717) is 5.56 Å². The summed E-state index contributed by atoms with van der Waals surface area (Å²) in [4.78, 5) is 6.69. The van der Waals surface area contributed by atoms with Crippen LogP contribution >= 0.6 is 0 Å². The molecule has 1 fully saturated rings. The van der Waals surface area contributed by atoms with Gasteiger partial charge in [-0.3, -0.25) is 4.90 Å². The molecule has 1 aliphatic rings. The second-order valence-corrected chi connectivity index (χ2v) is 8.32. The van der Waals surface area contributed by atoms with Gasteiger partial charge >= 0.3 is 6.18 Å². The van der Waals surface area contributed by atoms with Crippen molar-refractivity contribution in [3.8, 4) is 28.6 Å². The Labute approximate surface area is 189 Å². The van der Waals surface area contributed by atoms with Crippen LogP contribution in [0.25, 0.3) is 22.8 Å². The van der Waals surface area contributed by atoms with Crippen LogP contribution in [0, 0.1) is 5.92 Å². The van der Waals surface area contributed by atoms with Crippen molar-refractivity contribution in [2.75, 3.05) is 26.4 Å². The molecule has 33 heavy (non-hydrogen) atoms. The smallest absolute Gasteiger partial charge is 0.419 e. The zero-order valence-corrected chi connectivity index (χ0v) is 18.2. The Morgan fingerprint density at radius 3 is 2.42 bits per heavy atom. The first-order chi connectivity index (χ1) is 15.8. The van der Waals surface area contributed by atoms with Gasteiger partial charge in [0.1, 0.15) is 19.0 Å². The monoisotopic (exact) mass is 463 g/mol. The van der Waals surface area contributed by atoms with Gasteiger partial charge in [-0.05, 0) is 55.6 Å². The van der Waals surface area contributed by atoms with Crippen molar-refractivity contribution in [1.82, 2.24) is 15.0 Å². The fourth-order valence-electron chi connectivity index (χ4n) is 3.85. The molecular weight excluding hydrogens is 438 g/mol. The lowest BCUT2D eigenvalue weighted by Crippen LogP contribution is -2.32. The van der Waals surface area contributed by atoms with E-state index < -0.39 is 30.8 Å². The number of benzene rings is 2. The standard InChI is InChI=1S/C24H25F4N3O2/c1-16-8-11-31(12-9-16)15-17-2-4-18(5-3-17)22-29-23(33-30-22)19-6-7-21(32-13-10-25)20(14-19)24(26,27)28/h2-7,14,16H,8-13,15H2,1H3. The molecule has 0 saturated carbocycles. The van der Waals surface area contributed by atoms with Gasteiger partial charge in [0, 0.05) is 17.7 Å². The molecular formula is C24H25F4N3O2. The van der Waals surface area contributed by atoms with E-state index in [1.54, 1.807) is 0 Å². The minimum absolute atomic E-state index is 0.0425. The third kappa shape index (κ3) is 5.71. The van der Waals surface area contributed by atoms with E-state index in [1.165, 1.54) is 24.5 Å². The van der Waals surface area contributed by atoms with E-state index in [9.17, 15) is 17.6 Å². The molecule has 0 N–H and O–H groups in total. The van der Waals surface area contributed by atoms with Gasteiger partial charge in [0.05, 0.1) is 5.56 Å². The van der Waals surface area contributed by atoms with Crippen LogP contribution in [-0.2, 0) is 12.7 Å². The molecule has 9 heteroatoms. The second-order valence-electron chi connectivity index (χ2n) is 8.32. The van der Waals surface area contributed by atoms with E-state index in [-0.39, 0.29) is 17.3 Å². The van der Waals surface area contributed by atoms with Gasteiger partial charge in [-0.25, -0.2) is 4.39 Å². The number of piperidine rings is 1. The number of nitrogens with zero attached hydrogens (tertiary/aromatic N) is 3. The fraction of sp³-hybridized carbons (Fsp3) is 0.417. The molecule has 0 amide bonds. The van der Waals surface area contributed by atoms with Crippen molar-refractivity contribution in [3.05, 3.63) is 53.6 Å². The van der Waals surface area contributed by atoms with Crippen molar-refractivity contribution in [2.24, 2.45) is 5.92 Å². The van der Waals surface area contributed by atoms with Crippen molar-refractivity contribution >= 4 is 0 Å². The lowest BCUT2D eigenvalue weighted by Gasteiger charge is -2.30. The summed E-state index contributed by atoms with van der Waals surface area (Å²) in [7, 11) is 0. The van der Waals surface area contributed by atoms with Crippen LogP contribution in [0.4, 0.5) is 17.6 Å². The van der Waals surface area contributed by atoms with Crippen LogP contribution < -0.4 is 4.74 Å². The normalized spacial score (nSPS) is 15.7. The maximum Gasteiger partial charge on any atom is 0.419 e. The van der Waals surface area contributed by atoms with E-state index in [1.807, 2.05) is 24.3 Å². The average Bonchev–Trinajstić information content (AvgIpc) is 3.29. The van der Waals surface area contributed by atoms with Crippen molar-refractivity contribution in [1.29, 1.82) is 0 Å². The molecule has 1 aromatic heterocycles. The molecule has 1 saturated heterocycles. The molecule has 4 rings (SSSR count). The van der Waals surface area contributed by atoms with E-state index in [2.05, 4.69) is 22.0 Å². The predicted octanol–water partition coefficient (Wildman–Crippen LogP) is 6.00. The third-order valence-electron chi connectivity index (χ3n) is 5.79. The van der Waals surface area contributed by atoms with Crippen LogP contribution in [0.2, 0.25) is 0 Å². The number of likely N-dealkylation sites (tertiary alicyclic amines) is 1. The molecule has 0 aliphatic carbocycles. The first-order valence-corrected chi connectivity index (χ1v) is 10.9. The Bertz CT molecular complexity index is 1060. The fourth-order valence-corrected chi connectivity index (χ4v) is 3.85. The highest BCUT2D eigenvalue weighted by molar-refractivity contribution is 5.62. The summed E-state index contributed by atoms with van der Waals surface area (Å²) < 4.78 is 62.7. The number of alkyl halides is 4. The Hall–Kier alpha value is -2.94. The maximum atomic E-state index is 13.4. The summed E-state index contributed by atoms with van der Waals surface area (Å²) in [6.45, 7) is 4.00. The van der Waals surface area contributed by atoms with Gasteiger partial charge in [0.25, 0.3) is 5.89 Å². The number of hydrogen-bond donors (Lipinski definition) is 0. The summed E-state index contributed by atoms with van der Waals surface area (Å²) in [6.07, 6.45) is -2.25. The van der Waals surface area contributed by atoms with Crippen molar-refractivity contribution in [3.63, 3.8) is 0 Å². The minimum atomic E-state index is -4.67. The third-order valence-corrected chi connectivity index (χ3v) is 5.79. The summed E-state index contributed by atoms with van der Waals surface area (Å²) in [5.41, 5.74) is 0.963. The highest BCUT2D eigenvalue weighted by Gasteiger charge is 2.35. The molecule has 0 spiro atoms. The van der Waals surface area contributed by atoms with Crippen molar-refractivity contribution < 1.29 is 26.8 Å². The molecule has 0 unspecified atom stereocenters. The number of ether oxygens (including phenoxy) is 1. The first kappa shape index (κ1) is 23.2. The Morgan fingerprint density at radius 1 is 1.06 bits per heavy atom. The van der Waals surface area contributed by atoms with Gasteiger partial charge in [0.2, 0.25) is 5.82 Å². The zero-order chi connectivity index (χ0) is 23.4. The molecule has 1 aliphatic heterocycles. The second kappa shape index (κ2) is 9.91. The molecule has 0 radical (unpaired) electrons. The maximum absolute atomic E-state index is 13.4. The number of hydrogen-bond acceptors (Lipinski definition) is 5. The SMILES string of the molecule is CC1CCN(Cc2ccc(-c3noc(-c4ccc(OCCF)c(C(F)(F)F)c4)n3)cc2)CC1. The molecule has 0 atom stereocenters. The number of aromatic nitrogens is 2. The van der Waals surface area contributed by atoms with Gasteiger partial charge in [0.15, 0.2) is 0 Å². The largest absolute Gasteiger partial charge is 0.490 e. The zero-order valence-electron chi connectivity index (χ0n) is 18.2. The molecule has 0 bridgehead atoms. The highest BCUT2D eigenvalue weighted by atomic mass is 19.4. The molecule has 3 aromatic rings. The molecule has 176 valence electrons. The van der Waals surface area contributed by atoms with E-state index in [4.69, 9.17) is 9.26 Å².